The Bertz CT molecular complexity index is 1240. The maximum absolute atomic E-state index is 12.3. The predicted molar refractivity (Wildman–Crippen MR) is 129 cm³/mol. The normalized spacial score (nSPS) is 14.3. The summed E-state index contributed by atoms with van der Waals surface area (Å²) >= 11 is 15.5. The lowest BCUT2D eigenvalue weighted by atomic mass is 10.1. The molecule has 32 heavy (non-hydrogen) atoms. The molecule has 4 rings (SSSR count). The second-order valence-corrected chi connectivity index (χ2v) is 8.52. The van der Waals surface area contributed by atoms with Crippen molar-refractivity contribution in [2.75, 3.05) is 7.11 Å². The Morgan fingerprint density at radius 2 is 1.84 bits per heavy atom. The molecule has 0 fully saturated rings. The summed E-state index contributed by atoms with van der Waals surface area (Å²) in [7, 11) is 1.55. The highest BCUT2D eigenvalue weighted by molar-refractivity contribution is 9.10. The second kappa shape index (κ2) is 9.77. The van der Waals surface area contributed by atoms with Gasteiger partial charge in [0.15, 0.2) is 17.2 Å². The van der Waals surface area contributed by atoms with Gasteiger partial charge in [-0.25, -0.2) is 9.79 Å². The molecule has 0 N–H and O–H groups in total. The minimum atomic E-state index is -0.543. The lowest BCUT2D eigenvalue weighted by molar-refractivity contribution is -0.129. The summed E-state index contributed by atoms with van der Waals surface area (Å²) in [5, 5.41) is 1.19. The van der Waals surface area contributed by atoms with Crippen molar-refractivity contribution < 1.29 is 19.0 Å². The molecule has 0 saturated heterocycles. The Morgan fingerprint density at radius 1 is 1.06 bits per heavy atom. The van der Waals surface area contributed by atoms with E-state index in [1.54, 1.807) is 55.7 Å². The zero-order valence-electron chi connectivity index (χ0n) is 16.8. The van der Waals surface area contributed by atoms with Gasteiger partial charge < -0.3 is 14.2 Å². The molecule has 1 aliphatic rings. The molecule has 0 spiro atoms. The number of esters is 1. The van der Waals surface area contributed by atoms with E-state index in [9.17, 15) is 4.79 Å². The number of cyclic esters (lactones) is 1. The van der Waals surface area contributed by atoms with Crippen LogP contribution in [0.4, 0.5) is 0 Å². The summed E-state index contributed by atoms with van der Waals surface area (Å²) in [6, 6.07) is 17.9. The molecule has 0 saturated carbocycles. The Balaban J connectivity index is 1.59. The molecular weight excluding hydrogens is 517 g/mol. The summed E-state index contributed by atoms with van der Waals surface area (Å²) in [6.07, 6.45) is 1.62. The largest absolute Gasteiger partial charge is 0.493 e. The number of carbonyl (C=O) groups excluding carboxylic acids is 1. The maximum Gasteiger partial charge on any atom is 0.363 e. The quantitative estimate of drug-likeness (QED) is 0.262. The van der Waals surface area contributed by atoms with Crippen molar-refractivity contribution in [2.45, 2.75) is 6.61 Å². The van der Waals surface area contributed by atoms with Gasteiger partial charge in [0, 0.05) is 15.6 Å². The number of carbonyl (C=O) groups is 1. The van der Waals surface area contributed by atoms with E-state index in [0.29, 0.717) is 43.8 Å². The molecule has 1 aliphatic heterocycles. The molecule has 0 unspecified atom stereocenters. The van der Waals surface area contributed by atoms with Crippen molar-refractivity contribution in [2.24, 2.45) is 4.99 Å². The van der Waals surface area contributed by atoms with Crippen molar-refractivity contribution >= 4 is 57.1 Å². The van der Waals surface area contributed by atoms with E-state index < -0.39 is 5.97 Å². The summed E-state index contributed by atoms with van der Waals surface area (Å²) < 4.78 is 17.4. The molecule has 0 bridgehead atoms. The first kappa shape index (κ1) is 22.4. The van der Waals surface area contributed by atoms with Crippen LogP contribution in [-0.2, 0) is 16.1 Å². The lowest BCUT2D eigenvalue weighted by Gasteiger charge is -2.14. The molecule has 0 radical (unpaired) electrons. The van der Waals surface area contributed by atoms with Crippen LogP contribution in [0, 0.1) is 0 Å². The van der Waals surface area contributed by atoms with Gasteiger partial charge in [0.25, 0.3) is 0 Å². The highest BCUT2D eigenvalue weighted by Crippen LogP contribution is 2.38. The second-order valence-electron chi connectivity index (χ2n) is 6.80. The number of hydrogen-bond acceptors (Lipinski definition) is 5. The Kier molecular flexibility index (Phi) is 6.84. The standard InChI is InChI=1S/C24H16BrCl2NO4/c1-30-21-11-15(9-19(25)22(21)31-13-14-5-7-17(26)8-6-14)10-20-24(29)32-23(28-20)16-3-2-4-18(27)12-16/h2-12H,13H2,1H3/b20-10-. The summed E-state index contributed by atoms with van der Waals surface area (Å²) in [5.41, 5.74) is 2.45. The predicted octanol–water partition coefficient (Wildman–Crippen LogP) is 6.69. The number of ether oxygens (including phenoxy) is 3. The van der Waals surface area contributed by atoms with Gasteiger partial charge in [-0.2, -0.15) is 0 Å². The van der Waals surface area contributed by atoms with Gasteiger partial charge in [0.05, 0.1) is 11.6 Å². The fourth-order valence-corrected chi connectivity index (χ4v) is 3.90. The van der Waals surface area contributed by atoms with Crippen LogP contribution in [0.25, 0.3) is 6.08 Å². The van der Waals surface area contributed by atoms with Crippen LogP contribution in [0.2, 0.25) is 10.0 Å². The zero-order chi connectivity index (χ0) is 22.7. The van der Waals surface area contributed by atoms with E-state index in [1.807, 2.05) is 18.2 Å². The van der Waals surface area contributed by atoms with Crippen LogP contribution >= 0.6 is 39.1 Å². The van der Waals surface area contributed by atoms with E-state index >= 15 is 0 Å². The summed E-state index contributed by atoms with van der Waals surface area (Å²) in [5.74, 6) is 0.711. The van der Waals surface area contributed by atoms with Crippen LogP contribution in [0.3, 0.4) is 0 Å². The van der Waals surface area contributed by atoms with Crippen molar-refractivity contribution in [1.29, 1.82) is 0 Å². The number of nitrogens with zero attached hydrogens (tertiary/aromatic N) is 1. The van der Waals surface area contributed by atoms with Gasteiger partial charge in [0.1, 0.15) is 6.61 Å². The van der Waals surface area contributed by atoms with Crippen LogP contribution in [0.5, 0.6) is 11.5 Å². The van der Waals surface area contributed by atoms with Crippen LogP contribution in [0.15, 0.2) is 75.8 Å². The van der Waals surface area contributed by atoms with E-state index in [4.69, 9.17) is 37.4 Å². The molecule has 3 aromatic rings. The number of aliphatic imine (C=N–C) groups is 1. The molecule has 3 aromatic carbocycles. The fourth-order valence-electron chi connectivity index (χ4n) is 3.01. The van der Waals surface area contributed by atoms with Crippen molar-refractivity contribution in [3.8, 4) is 11.5 Å². The minimum Gasteiger partial charge on any atom is -0.493 e. The summed E-state index contributed by atoms with van der Waals surface area (Å²) in [6.45, 7) is 0.339. The molecular formula is C24H16BrCl2NO4. The third kappa shape index (κ3) is 5.15. The smallest absolute Gasteiger partial charge is 0.363 e. The topological polar surface area (TPSA) is 57.1 Å². The number of rotatable bonds is 6. The maximum atomic E-state index is 12.3. The SMILES string of the molecule is COc1cc(/C=C2\N=C(c3cccc(Cl)c3)OC2=O)cc(Br)c1OCc1ccc(Cl)cc1. The first-order valence-electron chi connectivity index (χ1n) is 9.46. The van der Waals surface area contributed by atoms with E-state index in [0.717, 1.165) is 5.56 Å². The highest BCUT2D eigenvalue weighted by Gasteiger charge is 2.24. The molecule has 0 aromatic heterocycles. The van der Waals surface area contributed by atoms with Gasteiger partial charge in [0.2, 0.25) is 5.90 Å². The van der Waals surface area contributed by atoms with Gasteiger partial charge in [-0.05, 0) is 75.6 Å². The van der Waals surface area contributed by atoms with Gasteiger partial charge in [-0.3, -0.25) is 0 Å². The number of benzene rings is 3. The van der Waals surface area contributed by atoms with Crippen LogP contribution < -0.4 is 9.47 Å². The Hall–Kier alpha value is -2.80. The van der Waals surface area contributed by atoms with Crippen molar-refractivity contribution in [1.82, 2.24) is 0 Å². The molecule has 0 aliphatic carbocycles. The van der Waals surface area contributed by atoms with Crippen LogP contribution in [-0.4, -0.2) is 19.0 Å². The van der Waals surface area contributed by atoms with E-state index in [1.165, 1.54) is 0 Å². The monoisotopic (exact) mass is 531 g/mol. The number of methoxy groups -OCH3 is 1. The first-order valence-corrected chi connectivity index (χ1v) is 11.0. The van der Waals surface area contributed by atoms with Crippen molar-refractivity contribution in [3.05, 3.63) is 97.6 Å². The fraction of sp³-hybridized carbons (Fsp3) is 0.0833. The van der Waals surface area contributed by atoms with Crippen molar-refractivity contribution in [3.63, 3.8) is 0 Å². The molecule has 5 nitrogen and oxygen atoms in total. The van der Waals surface area contributed by atoms with Gasteiger partial charge in [-0.15, -0.1) is 0 Å². The number of hydrogen-bond donors (Lipinski definition) is 0. The molecule has 1 heterocycles. The number of halogens is 3. The summed E-state index contributed by atoms with van der Waals surface area (Å²) in [4.78, 5) is 16.6. The van der Waals surface area contributed by atoms with Gasteiger partial charge in [-0.1, -0.05) is 41.4 Å². The van der Waals surface area contributed by atoms with E-state index in [2.05, 4.69) is 20.9 Å². The molecule has 8 heteroatoms. The third-order valence-corrected chi connectivity index (χ3v) is 5.62. The zero-order valence-corrected chi connectivity index (χ0v) is 19.9. The Morgan fingerprint density at radius 3 is 2.56 bits per heavy atom. The Labute approximate surface area is 203 Å². The van der Waals surface area contributed by atoms with Gasteiger partial charge >= 0.3 is 5.97 Å². The molecule has 0 atom stereocenters. The first-order chi connectivity index (χ1) is 15.4. The average molecular weight is 533 g/mol. The lowest BCUT2D eigenvalue weighted by Crippen LogP contribution is -2.05. The highest BCUT2D eigenvalue weighted by atomic mass is 79.9. The molecule has 162 valence electrons. The molecule has 0 amide bonds. The third-order valence-electron chi connectivity index (χ3n) is 4.54. The minimum absolute atomic E-state index is 0.170. The van der Waals surface area contributed by atoms with E-state index in [-0.39, 0.29) is 11.6 Å². The average Bonchev–Trinajstić information content (AvgIpc) is 3.14. The van der Waals surface area contributed by atoms with Crippen LogP contribution in [0.1, 0.15) is 16.7 Å².